The quantitative estimate of drug-likeness (QED) is 0.851. The maximum absolute atomic E-state index is 12.6. The topological polar surface area (TPSA) is 45.2 Å². The summed E-state index contributed by atoms with van der Waals surface area (Å²) in [6.07, 6.45) is 3.42. The Morgan fingerprint density at radius 3 is 2.67 bits per heavy atom. The van der Waals surface area contributed by atoms with Crippen LogP contribution in [0, 0.1) is 0 Å². The van der Waals surface area contributed by atoms with Gasteiger partial charge >= 0.3 is 0 Å². The Balaban J connectivity index is 2.01. The summed E-state index contributed by atoms with van der Waals surface area (Å²) in [4.78, 5) is 18.7. The number of aromatic nitrogens is 1. The lowest BCUT2D eigenvalue weighted by molar-refractivity contribution is 0.0796. The highest BCUT2D eigenvalue weighted by Gasteiger charge is 2.17. The molecule has 0 spiro atoms. The van der Waals surface area contributed by atoms with E-state index in [1.807, 2.05) is 50.5 Å². The second-order valence-electron chi connectivity index (χ2n) is 6.81. The molecule has 128 valence electrons. The molecule has 4 nitrogen and oxygen atoms in total. The number of pyridine rings is 1. The highest BCUT2D eigenvalue weighted by atomic mass is 16.2. The number of carbonyl (C=O) groups is 1. The second kappa shape index (κ2) is 8.06. The van der Waals surface area contributed by atoms with E-state index in [2.05, 4.69) is 30.2 Å². The van der Waals surface area contributed by atoms with Gasteiger partial charge in [0, 0.05) is 43.0 Å². The van der Waals surface area contributed by atoms with Crippen molar-refractivity contribution in [1.82, 2.24) is 15.2 Å². The molecule has 1 aromatic heterocycles. The van der Waals surface area contributed by atoms with Gasteiger partial charge in [0.15, 0.2) is 0 Å². The van der Waals surface area contributed by atoms with Crippen LogP contribution in [0.2, 0.25) is 0 Å². The van der Waals surface area contributed by atoms with Crippen LogP contribution in [-0.4, -0.2) is 42.0 Å². The minimum absolute atomic E-state index is 0.00650. The van der Waals surface area contributed by atoms with Crippen molar-refractivity contribution in [3.8, 4) is 0 Å². The molecule has 1 amide bonds. The molecule has 0 aliphatic rings. The Kier molecular flexibility index (Phi) is 6.10. The number of likely N-dealkylation sites (N-methyl/N-ethyl adjacent to an activating group) is 2. The van der Waals surface area contributed by atoms with Gasteiger partial charge in [-0.05, 0) is 57.1 Å². The number of nitrogens with one attached hydrogen (secondary N) is 1. The third kappa shape index (κ3) is 5.17. The van der Waals surface area contributed by atoms with Gasteiger partial charge in [-0.2, -0.15) is 0 Å². The van der Waals surface area contributed by atoms with E-state index in [-0.39, 0.29) is 11.4 Å². The molecule has 0 aliphatic carbocycles. The number of benzene rings is 1. The van der Waals surface area contributed by atoms with Crippen LogP contribution >= 0.6 is 0 Å². The lowest BCUT2D eigenvalue weighted by atomic mass is 9.94. The molecule has 1 heterocycles. The van der Waals surface area contributed by atoms with Gasteiger partial charge < -0.3 is 10.2 Å². The number of carbonyl (C=O) groups excluding carboxylic acids is 1. The van der Waals surface area contributed by atoms with Gasteiger partial charge in [-0.3, -0.25) is 9.78 Å². The summed E-state index contributed by atoms with van der Waals surface area (Å²) in [6.45, 7) is 4.96. The van der Waals surface area contributed by atoms with Crippen molar-refractivity contribution < 1.29 is 4.79 Å². The highest BCUT2D eigenvalue weighted by Crippen LogP contribution is 2.15. The number of nitrogens with zero attached hydrogens (tertiary/aromatic N) is 2. The predicted octanol–water partition coefficient (Wildman–Crippen LogP) is 2.94. The number of amides is 1. The fourth-order valence-electron chi connectivity index (χ4n) is 2.56. The molecule has 0 radical (unpaired) electrons. The zero-order valence-electron chi connectivity index (χ0n) is 15.0. The molecule has 0 atom stereocenters. The Morgan fingerprint density at radius 2 is 2.00 bits per heavy atom. The first-order valence-electron chi connectivity index (χ1n) is 8.34. The van der Waals surface area contributed by atoms with E-state index in [4.69, 9.17) is 0 Å². The number of rotatable bonds is 7. The first-order chi connectivity index (χ1) is 11.4. The third-order valence-electron chi connectivity index (χ3n) is 4.27. The van der Waals surface area contributed by atoms with Crippen molar-refractivity contribution in [2.24, 2.45) is 0 Å². The summed E-state index contributed by atoms with van der Waals surface area (Å²) in [5, 5.41) is 3.30. The molecule has 0 bridgehead atoms. The molecular weight excluding hydrogens is 298 g/mol. The van der Waals surface area contributed by atoms with Crippen LogP contribution in [0.25, 0.3) is 0 Å². The van der Waals surface area contributed by atoms with Gasteiger partial charge in [0.25, 0.3) is 5.91 Å². The van der Waals surface area contributed by atoms with E-state index in [1.165, 1.54) is 5.56 Å². The Morgan fingerprint density at radius 1 is 1.21 bits per heavy atom. The molecule has 0 saturated heterocycles. The average molecular weight is 325 g/mol. The molecule has 1 aromatic carbocycles. The fourth-order valence-corrected chi connectivity index (χ4v) is 2.56. The molecule has 0 unspecified atom stereocenters. The van der Waals surface area contributed by atoms with Crippen LogP contribution in [0.5, 0.6) is 0 Å². The molecule has 24 heavy (non-hydrogen) atoms. The van der Waals surface area contributed by atoms with E-state index < -0.39 is 0 Å². The standard InChI is InChI=1S/C20H27N3O/c1-20(2,21-3)15-16-8-7-9-17(14-16)19(24)23(4)13-11-18-10-5-6-12-22-18/h5-10,12,14,21H,11,13,15H2,1-4H3. The van der Waals surface area contributed by atoms with Gasteiger partial charge in [-0.25, -0.2) is 0 Å². The summed E-state index contributed by atoms with van der Waals surface area (Å²) in [5.74, 6) is 0.0510. The summed E-state index contributed by atoms with van der Waals surface area (Å²) in [6, 6.07) is 13.8. The second-order valence-corrected chi connectivity index (χ2v) is 6.81. The molecule has 4 heteroatoms. The SMILES string of the molecule is CNC(C)(C)Cc1cccc(C(=O)N(C)CCc2ccccn2)c1. The molecule has 1 N–H and O–H groups in total. The van der Waals surface area contributed by atoms with E-state index in [0.717, 1.165) is 24.1 Å². The first-order valence-corrected chi connectivity index (χ1v) is 8.34. The normalized spacial score (nSPS) is 11.3. The average Bonchev–Trinajstić information content (AvgIpc) is 2.59. The van der Waals surface area contributed by atoms with E-state index in [1.54, 1.807) is 11.1 Å². The van der Waals surface area contributed by atoms with Crippen molar-refractivity contribution in [3.63, 3.8) is 0 Å². The number of hydrogen-bond acceptors (Lipinski definition) is 3. The summed E-state index contributed by atoms with van der Waals surface area (Å²) in [5.41, 5.74) is 2.91. The third-order valence-corrected chi connectivity index (χ3v) is 4.27. The van der Waals surface area contributed by atoms with Crippen molar-refractivity contribution in [2.45, 2.75) is 32.2 Å². The lowest BCUT2D eigenvalue weighted by Gasteiger charge is -2.24. The van der Waals surface area contributed by atoms with E-state index in [0.29, 0.717) is 6.54 Å². The monoisotopic (exact) mass is 325 g/mol. The Hall–Kier alpha value is -2.20. The highest BCUT2D eigenvalue weighted by molar-refractivity contribution is 5.94. The molecule has 0 fully saturated rings. The van der Waals surface area contributed by atoms with Gasteiger partial charge in [0.05, 0.1) is 0 Å². The van der Waals surface area contributed by atoms with E-state index >= 15 is 0 Å². The van der Waals surface area contributed by atoms with Gasteiger partial charge in [-0.1, -0.05) is 18.2 Å². The van der Waals surface area contributed by atoms with Gasteiger partial charge in [0.1, 0.15) is 0 Å². The summed E-state index contributed by atoms with van der Waals surface area (Å²) in [7, 11) is 3.80. The minimum Gasteiger partial charge on any atom is -0.341 e. The zero-order chi connectivity index (χ0) is 17.6. The fraction of sp³-hybridized carbons (Fsp3) is 0.400. The van der Waals surface area contributed by atoms with Crippen LogP contribution in [0.15, 0.2) is 48.7 Å². The summed E-state index contributed by atoms with van der Waals surface area (Å²) < 4.78 is 0. The van der Waals surface area contributed by atoms with Crippen LogP contribution in [0.4, 0.5) is 0 Å². The largest absolute Gasteiger partial charge is 0.341 e. The molecule has 2 rings (SSSR count). The predicted molar refractivity (Wildman–Crippen MR) is 98.2 cm³/mol. The van der Waals surface area contributed by atoms with Gasteiger partial charge in [-0.15, -0.1) is 0 Å². The van der Waals surface area contributed by atoms with Crippen LogP contribution in [0.3, 0.4) is 0 Å². The smallest absolute Gasteiger partial charge is 0.253 e. The first kappa shape index (κ1) is 18.1. The lowest BCUT2D eigenvalue weighted by Crippen LogP contribution is -2.38. The van der Waals surface area contributed by atoms with Crippen LogP contribution < -0.4 is 5.32 Å². The molecular formula is C20H27N3O. The summed E-state index contributed by atoms with van der Waals surface area (Å²) >= 11 is 0. The van der Waals surface area contributed by atoms with E-state index in [9.17, 15) is 4.79 Å². The molecule has 0 aliphatic heterocycles. The minimum atomic E-state index is 0.00650. The van der Waals surface area contributed by atoms with Crippen molar-refractivity contribution in [1.29, 1.82) is 0 Å². The zero-order valence-corrected chi connectivity index (χ0v) is 15.0. The Labute approximate surface area is 144 Å². The number of hydrogen-bond donors (Lipinski definition) is 1. The van der Waals surface area contributed by atoms with Crippen LogP contribution in [0.1, 0.15) is 35.5 Å². The van der Waals surface area contributed by atoms with Crippen LogP contribution in [-0.2, 0) is 12.8 Å². The van der Waals surface area contributed by atoms with Gasteiger partial charge in [0.2, 0.25) is 0 Å². The van der Waals surface area contributed by atoms with Crippen molar-refractivity contribution >= 4 is 5.91 Å². The molecule has 0 saturated carbocycles. The maximum Gasteiger partial charge on any atom is 0.253 e. The maximum atomic E-state index is 12.6. The van der Waals surface area contributed by atoms with Crippen molar-refractivity contribution in [3.05, 3.63) is 65.5 Å². The molecule has 2 aromatic rings. The van der Waals surface area contributed by atoms with Crippen molar-refractivity contribution in [2.75, 3.05) is 20.6 Å². The Bertz CT molecular complexity index is 668.